The van der Waals surface area contributed by atoms with E-state index in [9.17, 15) is 0 Å². The third kappa shape index (κ3) is 3.28. The molecule has 21 heavy (non-hydrogen) atoms. The molecule has 0 spiro atoms. The predicted octanol–water partition coefficient (Wildman–Crippen LogP) is 4.83. The van der Waals surface area contributed by atoms with Crippen molar-refractivity contribution in [2.24, 2.45) is 0 Å². The van der Waals surface area contributed by atoms with Crippen LogP contribution in [0.3, 0.4) is 0 Å². The van der Waals surface area contributed by atoms with Crippen LogP contribution in [0.4, 0.5) is 0 Å². The van der Waals surface area contributed by atoms with Gasteiger partial charge in [0.25, 0.3) is 0 Å². The Balaban J connectivity index is 1.85. The summed E-state index contributed by atoms with van der Waals surface area (Å²) in [5, 5.41) is 6.36. The second-order valence-electron chi connectivity index (χ2n) is 4.92. The minimum atomic E-state index is 0.144. The quantitative estimate of drug-likeness (QED) is 0.707. The number of halogens is 1. The summed E-state index contributed by atoms with van der Waals surface area (Å²) in [7, 11) is 0. The molecule has 2 aromatic heterocycles. The Morgan fingerprint density at radius 1 is 1.33 bits per heavy atom. The van der Waals surface area contributed by atoms with E-state index in [0.29, 0.717) is 6.42 Å². The minimum Gasteiger partial charge on any atom is -0.441 e. The first-order chi connectivity index (χ1) is 10.3. The van der Waals surface area contributed by atoms with Gasteiger partial charge >= 0.3 is 0 Å². The molecule has 0 aliphatic rings. The van der Waals surface area contributed by atoms with E-state index in [1.165, 1.54) is 0 Å². The molecule has 5 heteroatoms. The standard InChI is InChI=1S/C16H17ClN2OS/c1-2-8-18-13(16-11(17)7-9-21-16)10-15-19-12-5-3-4-6-14(12)20-15/h3-7,9,13,18H,2,8,10H2,1H3. The predicted molar refractivity (Wildman–Crippen MR) is 88.1 cm³/mol. The van der Waals surface area contributed by atoms with Crippen molar-refractivity contribution < 1.29 is 4.42 Å². The molecule has 1 aromatic carbocycles. The van der Waals surface area contributed by atoms with Gasteiger partial charge in [-0.25, -0.2) is 4.98 Å². The Bertz CT molecular complexity index is 689. The van der Waals surface area contributed by atoms with Crippen LogP contribution < -0.4 is 5.32 Å². The molecule has 110 valence electrons. The zero-order valence-electron chi connectivity index (χ0n) is 11.8. The maximum Gasteiger partial charge on any atom is 0.197 e. The lowest BCUT2D eigenvalue weighted by Crippen LogP contribution is -2.23. The lowest BCUT2D eigenvalue weighted by Gasteiger charge is -2.16. The summed E-state index contributed by atoms with van der Waals surface area (Å²) in [4.78, 5) is 5.70. The number of thiophene rings is 1. The molecule has 0 amide bonds. The molecule has 0 aliphatic heterocycles. The molecule has 1 N–H and O–H groups in total. The molecular formula is C16H17ClN2OS. The van der Waals surface area contributed by atoms with Gasteiger partial charge < -0.3 is 9.73 Å². The number of oxazole rings is 1. The number of hydrogen-bond acceptors (Lipinski definition) is 4. The van der Waals surface area contributed by atoms with Gasteiger partial charge in [-0.1, -0.05) is 30.7 Å². The highest BCUT2D eigenvalue weighted by atomic mass is 35.5. The second kappa shape index (κ2) is 6.60. The van der Waals surface area contributed by atoms with E-state index >= 15 is 0 Å². The number of aromatic nitrogens is 1. The monoisotopic (exact) mass is 320 g/mol. The lowest BCUT2D eigenvalue weighted by atomic mass is 10.1. The number of para-hydroxylation sites is 2. The molecule has 0 aliphatic carbocycles. The number of fused-ring (bicyclic) bond motifs is 1. The molecule has 1 atom stereocenters. The van der Waals surface area contributed by atoms with Gasteiger partial charge in [0.15, 0.2) is 11.5 Å². The van der Waals surface area contributed by atoms with Crippen LogP contribution in [0.15, 0.2) is 40.1 Å². The van der Waals surface area contributed by atoms with E-state index in [4.69, 9.17) is 16.0 Å². The molecule has 1 unspecified atom stereocenters. The molecule has 3 rings (SSSR count). The van der Waals surface area contributed by atoms with Gasteiger partial charge in [-0.3, -0.25) is 0 Å². The van der Waals surface area contributed by atoms with Crippen LogP contribution in [0.1, 0.15) is 30.2 Å². The summed E-state index contributed by atoms with van der Waals surface area (Å²) >= 11 is 7.95. The van der Waals surface area contributed by atoms with Crippen LogP contribution >= 0.6 is 22.9 Å². The zero-order valence-corrected chi connectivity index (χ0v) is 13.4. The topological polar surface area (TPSA) is 38.1 Å². The summed E-state index contributed by atoms with van der Waals surface area (Å²) in [6.45, 7) is 3.10. The number of benzene rings is 1. The Morgan fingerprint density at radius 3 is 2.90 bits per heavy atom. The third-order valence-electron chi connectivity index (χ3n) is 3.32. The molecule has 3 aromatic rings. The van der Waals surface area contributed by atoms with Crippen molar-refractivity contribution in [2.75, 3.05) is 6.54 Å². The first-order valence-electron chi connectivity index (χ1n) is 7.08. The van der Waals surface area contributed by atoms with E-state index < -0.39 is 0 Å². The summed E-state index contributed by atoms with van der Waals surface area (Å²) in [5.74, 6) is 0.745. The lowest BCUT2D eigenvalue weighted by molar-refractivity contribution is 0.457. The highest BCUT2D eigenvalue weighted by Crippen LogP contribution is 2.31. The van der Waals surface area contributed by atoms with E-state index in [1.54, 1.807) is 11.3 Å². The average Bonchev–Trinajstić information content (AvgIpc) is 3.08. The SMILES string of the molecule is CCCNC(Cc1nc2ccccc2o1)c1sccc1Cl. The normalized spacial score (nSPS) is 12.9. The largest absolute Gasteiger partial charge is 0.441 e. The summed E-state index contributed by atoms with van der Waals surface area (Å²) in [6.07, 6.45) is 1.78. The van der Waals surface area contributed by atoms with Crippen LogP contribution in [-0.4, -0.2) is 11.5 Å². The van der Waals surface area contributed by atoms with Gasteiger partial charge in [-0.15, -0.1) is 11.3 Å². The van der Waals surface area contributed by atoms with Crippen molar-refractivity contribution in [2.45, 2.75) is 25.8 Å². The molecule has 0 bridgehead atoms. The van der Waals surface area contributed by atoms with Crippen LogP contribution in [0.2, 0.25) is 5.02 Å². The highest BCUT2D eigenvalue weighted by molar-refractivity contribution is 7.10. The first-order valence-corrected chi connectivity index (χ1v) is 8.34. The Morgan fingerprint density at radius 2 is 2.19 bits per heavy atom. The summed E-state index contributed by atoms with van der Waals surface area (Å²) < 4.78 is 5.83. The fourth-order valence-corrected chi connectivity index (χ4v) is 3.58. The minimum absolute atomic E-state index is 0.144. The maximum absolute atomic E-state index is 6.28. The van der Waals surface area contributed by atoms with Crippen molar-refractivity contribution in [3.63, 3.8) is 0 Å². The van der Waals surface area contributed by atoms with Crippen molar-refractivity contribution in [1.29, 1.82) is 0 Å². The molecule has 0 saturated heterocycles. The zero-order chi connectivity index (χ0) is 14.7. The number of rotatable bonds is 6. The third-order valence-corrected chi connectivity index (χ3v) is 4.79. The van der Waals surface area contributed by atoms with E-state index in [0.717, 1.165) is 39.9 Å². The summed E-state index contributed by atoms with van der Waals surface area (Å²) in [5.41, 5.74) is 1.73. The Kier molecular flexibility index (Phi) is 4.58. The van der Waals surface area contributed by atoms with Gasteiger partial charge in [0.05, 0.1) is 11.1 Å². The van der Waals surface area contributed by atoms with Gasteiger partial charge in [0, 0.05) is 11.3 Å². The Hall–Kier alpha value is -1.36. The smallest absolute Gasteiger partial charge is 0.197 e. The highest BCUT2D eigenvalue weighted by Gasteiger charge is 2.19. The van der Waals surface area contributed by atoms with Gasteiger partial charge in [0.2, 0.25) is 0 Å². The maximum atomic E-state index is 6.28. The van der Waals surface area contributed by atoms with E-state index in [-0.39, 0.29) is 6.04 Å². The van der Waals surface area contributed by atoms with E-state index in [1.807, 2.05) is 35.7 Å². The van der Waals surface area contributed by atoms with Crippen LogP contribution in [0, 0.1) is 0 Å². The molecule has 0 radical (unpaired) electrons. The van der Waals surface area contributed by atoms with Gasteiger partial charge in [0.1, 0.15) is 5.52 Å². The molecule has 0 saturated carbocycles. The summed E-state index contributed by atoms with van der Waals surface area (Å²) in [6, 6.07) is 9.92. The fourth-order valence-electron chi connectivity index (χ4n) is 2.31. The van der Waals surface area contributed by atoms with Gasteiger partial charge in [-0.2, -0.15) is 0 Å². The van der Waals surface area contributed by atoms with Crippen molar-refractivity contribution in [3.8, 4) is 0 Å². The van der Waals surface area contributed by atoms with E-state index in [2.05, 4.69) is 17.2 Å². The Labute approximate surface area is 133 Å². The number of nitrogens with zero attached hydrogens (tertiary/aromatic N) is 1. The van der Waals surface area contributed by atoms with Crippen molar-refractivity contribution in [1.82, 2.24) is 10.3 Å². The fraction of sp³-hybridized carbons (Fsp3) is 0.312. The van der Waals surface area contributed by atoms with Crippen molar-refractivity contribution >= 4 is 34.0 Å². The van der Waals surface area contributed by atoms with Crippen LogP contribution in [0.5, 0.6) is 0 Å². The van der Waals surface area contributed by atoms with Crippen LogP contribution in [-0.2, 0) is 6.42 Å². The van der Waals surface area contributed by atoms with Crippen molar-refractivity contribution in [3.05, 3.63) is 51.5 Å². The number of hydrogen-bond donors (Lipinski definition) is 1. The second-order valence-corrected chi connectivity index (χ2v) is 6.27. The molecule has 3 nitrogen and oxygen atoms in total. The number of nitrogens with one attached hydrogen (secondary N) is 1. The molecule has 2 heterocycles. The molecular weight excluding hydrogens is 304 g/mol. The average molecular weight is 321 g/mol. The van der Waals surface area contributed by atoms with Crippen LogP contribution in [0.25, 0.3) is 11.1 Å². The van der Waals surface area contributed by atoms with Gasteiger partial charge in [-0.05, 0) is 36.5 Å². The molecule has 0 fully saturated rings. The first kappa shape index (κ1) is 14.6.